The summed E-state index contributed by atoms with van der Waals surface area (Å²) in [6, 6.07) is 32.0. The Morgan fingerprint density at radius 1 is 0.367 bits per heavy atom. The summed E-state index contributed by atoms with van der Waals surface area (Å²) in [5.74, 6) is -3.68. The van der Waals surface area contributed by atoms with Gasteiger partial charge in [0.05, 0.1) is 0 Å². The summed E-state index contributed by atoms with van der Waals surface area (Å²) < 4.78 is 0. The fourth-order valence-electron chi connectivity index (χ4n) is 10.7. The number of fused-ring (bicyclic) bond motifs is 5. The number of amides is 6. The van der Waals surface area contributed by atoms with Crippen molar-refractivity contribution >= 4 is 90.0 Å². The Bertz CT molecular complexity index is 3810. The number of nitrogens with one attached hydrogen (secondary N) is 10. The zero-order valence-electron chi connectivity index (χ0n) is 43.9. The summed E-state index contributed by atoms with van der Waals surface area (Å²) in [4.78, 5) is 103. The standard InChI is InChI=1S/C62H65N11O6/c1-2-3-4-5-26-57(74)69-53(28-38-33-65-48-22-12-7-17-43(38)48)59(76)71-55(30-40-35-67-50-24-14-9-19-45(40)50)61(78)73-56(31-41-36-68-51-25-15-10-20-46(41)51)62(79)72-54(29-39-34-66-49-23-13-8-18-44(39)49)60(77)70-52(58(63)75)27-37-32-64-47-21-11-6-16-42(37)47/h6-25,32-36,52-56,64-68H,2-5,26-31H2,1H3,(H2,63,75)(H,69,74)(H,70,77)(H,71,76)(H,72,79)(H,73,78). The van der Waals surface area contributed by atoms with Crippen LogP contribution in [0.3, 0.4) is 0 Å². The van der Waals surface area contributed by atoms with Gasteiger partial charge in [0.15, 0.2) is 0 Å². The Morgan fingerprint density at radius 3 is 0.924 bits per heavy atom. The predicted molar refractivity (Wildman–Crippen MR) is 308 cm³/mol. The van der Waals surface area contributed by atoms with Crippen LogP contribution in [0.5, 0.6) is 0 Å². The van der Waals surface area contributed by atoms with Crippen molar-refractivity contribution in [1.29, 1.82) is 0 Å². The van der Waals surface area contributed by atoms with Gasteiger partial charge in [0, 0.05) is 124 Å². The van der Waals surface area contributed by atoms with Gasteiger partial charge >= 0.3 is 0 Å². The third-order valence-electron chi connectivity index (χ3n) is 15.0. The highest BCUT2D eigenvalue weighted by molar-refractivity contribution is 5.99. The maximum Gasteiger partial charge on any atom is 0.243 e. The second-order valence-electron chi connectivity index (χ2n) is 20.4. The van der Waals surface area contributed by atoms with Crippen molar-refractivity contribution in [2.24, 2.45) is 5.73 Å². The number of aromatic amines is 5. The van der Waals surface area contributed by atoms with E-state index < -0.39 is 59.7 Å². The second kappa shape index (κ2) is 24.3. The zero-order valence-corrected chi connectivity index (χ0v) is 43.9. The molecule has 0 saturated carbocycles. The van der Waals surface area contributed by atoms with E-state index in [1.54, 1.807) is 24.8 Å². The zero-order chi connectivity index (χ0) is 54.8. The lowest BCUT2D eigenvalue weighted by atomic mass is 9.99. The molecule has 404 valence electrons. The molecule has 5 heterocycles. The van der Waals surface area contributed by atoms with Crippen LogP contribution >= 0.6 is 0 Å². The van der Waals surface area contributed by atoms with E-state index >= 15 is 9.59 Å². The van der Waals surface area contributed by atoms with Crippen LogP contribution in [0.15, 0.2) is 152 Å². The number of hydrogen-bond donors (Lipinski definition) is 11. The molecule has 0 spiro atoms. The summed E-state index contributed by atoms with van der Waals surface area (Å²) in [7, 11) is 0. The fraction of sp³-hybridized carbons (Fsp3) is 0.258. The van der Waals surface area contributed by atoms with Crippen molar-refractivity contribution < 1.29 is 28.8 Å². The van der Waals surface area contributed by atoms with Crippen LogP contribution in [0.1, 0.15) is 66.8 Å². The van der Waals surface area contributed by atoms with Gasteiger partial charge < -0.3 is 57.2 Å². The monoisotopic (exact) mass is 1060 g/mol. The van der Waals surface area contributed by atoms with Crippen molar-refractivity contribution in [3.05, 3.63) is 180 Å². The molecule has 10 rings (SSSR count). The fourth-order valence-corrected chi connectivity index (χ4v) is 10.7. The van der Waals surface area contributed by atoms with Gasteiger partial charge in [0.2, 0.25) is 35.4 Å². The molecule has 12 N–H and O–H groups in total. The number of rotatable bonds is 25. The van der Waals surface area contributed by atoms with Crippen molar-refractivity contribution in [3.8, 4) is 0 Å². The summed E-state index contributed by atoms with van der Waals surface area (Å²) >= 11 is 0. The Balaban J connectivity index is 0.971. The quantitative estimate of drug-likeness (QED) is 0.0258. The number of unbranched alkanes of at least 4 members (excludes halogenated alkanes) is 3. The lowest BCUT2D eigenvalue weighted by Crippen LogP contribution is -2.60. The van der Waals surface area contributed by atoms with E-state index in [2.05, 4.69) is 58.4 Å². The smallest absolute Gasteiger partial charge is 0.243 e. The molecule has 17 heteroatoms. The number of nitrogens with two attached hydrogens (primary N) is 1. The third kappa shape index (κ3) is 12.4. The minimum Gasteiger partial charge on any atom is -0.368 e. The van der Waals surface area contributed by atoms with Crippen molar-refractivity contribution in [2.45, 2.75) is 101 Å². The van der Waals surface area contributed by atoms with Crippen LogP contribution in [-0.4, -0.2) is 90.6 Å². The van der Waals surface area contributed by atoms with Gasteiger partial charge in [0.1, 0.15) is 30.2 Å². The van der Waals surface area contributed by atoms with Gasteiger partial charge in [-0.15, -0.1) is 0 Å². The molecule has 5 aromatic carbocycles. The molecule has 17 nitrogen and oxygen atoms in total. The number of benzene rings is 5. The number of carbonyl (C=O) groups excluding carboxylic acids is 6. The molecule has 5 aromatic heterocycles. The molecule has 5 unspecified atom stereocenters. The van der Waals surface area contributed by atoms with Crippen molar-refractivity contribution in [1.82, 2.24) is 51.5 Å². The molecule has 5 atom stereocenters. The molecule has 6 amide bonds. The van der Waals surface area contributed by atoms with E-state index in [4.69, 9.17) is 5.73 Å². The molecule has 0 aliphatic carbocycles. The number of aromatic nitrogens is 5. The van der Waals surface area contributed by atoms with Crippen LogP contribution in [0.4, 0.5) is 0 Å². The van der Waals surface area contributed by atoms with Gasteiger partial charge in [0.25, 0.3) is 0 Å². The summed E-state index contributed by atoms with van der Waals surface area (Å²) in [6.07, 6.45) is 12.9. The molecule has 0 aliphatic heterocycles. The van der Waals surface area contributed by atoms with Crippen LogP contribution in [0, 0.1) is 0 Å². The van der Waals surface area contributed by atoms with Gasteiger partial charge in [-0.1, -0.05) is 117 Å². The predicted octanol–water partition coefficient (Wildman–Crippen LogP) is 7.49. The van der Waals surface area contributed by atoms with Crippen LogP contribution < -0.4 is 32.3 Å². The lowest BCUT2D eigenvalue weighted by molar-refractivity contribution is -0.135. The molecule has 10 aromatic rings. The van der Waals surface area contributed by atoms with Crippen LogP contribution in [-0.2, 0) is 60.9 Å². The van der Waals surface area contributed by atoms with E-state index in [9.17, 15) is 19.2 Å². The number of H-pyrrole nitrogens is 5. The first-order chi connectivity index (χ1) is 38.5. The first-order valence-corrected chi connectivity index (χ1v) is 27.0. The topological polar surface area (TPSA) is 268 Å². The van der Waals surface area contributed by atoms with E-state index in [0.29, 0.717) is 12.0 Å². The minimum absolute atomic E-state index is 0.00428. The van der Waals surface area contributed by atoms with E-state index in [1.807, 2.05) is 128 Å². The normalized spacial score (nSPS) is 13.5. The van der Waals surface area contributed by atoms with Crippen molar-refractivity contribution in [2.75, 3.05) is 0 Å². The average Bonchev–Trinajstić information content (AvgIpc) is 4.34. The summed E-state index contributed by atoms with van der Waals surface area (Å²) in [6.45, 7) is 2.10. The highest BCUT2D eigenvalue weighted by Gasteiger charge is 2.34. The number of para-hydroxylation sites is 5. The number of primary amides is 1. The van der Waals surface area contributed by atoms with Gasteiger partial charge in [-0.05, 0) is 64.6 Å². The Hall–Kier alpha value is -9.38. The molecule has 0 bridgehead atoms. The van der Waals surface area contributed by atoms with Gasteiger partial charge in [-0.2, -0.15) is 0 Å². The summed E-state index contributed by atoms with van der Waals surface area (Å²) in [5, 5.41) is 19.1. The molecule has 0 radical (unpaired) electrons. The van der Waals surface area contributed by atoms with Gasteiger partial charge in [-0.25, -0.2) is 0 Å². The van der Waals surface area contributed by atoms with E-state index in [-0.39, 0.29) is 44.4 Å². The first-order valence-electron chi connectivity index (χ1n) is 27.0. The Morgan fingerprint density at radius 2 is 0.633 bits per heavy atom. The Kier molecular flexibility index (Phi) is 16.3. The van der Waals surface area contributed by atoms with E-state index in [0.717, 1.165) is 96.0 Å². The minimum atomic E-state index is -1.32. The van der Waals surface area contributed by atoms with Gasteiger partial charge in [-0.3, -0.25) is 28.8 Å². The Labute approximate surface area is 455 Å². The number of hydrogen-bond acceptors (Lipinski definition) is 6. The highest BCUT2D eigenvalue weighted by atomic mass is 16.2. The van der Waals surface area contributed by atoms with E-state index in [1.165, 1.54) is 0 Å². The molecular weight excluding hydrogens is 995 g/mol. The SMILES string of the molecule is CCCCCCC(=O)NC(Cc1c[nH]c2ccccc12)C(=O)NC(Cc1c[nH]c2ccccc12)C(=O)NC(Cc1c[nH]c2ccccc12)C(=O)NC(Cc1c[nH]c2ccccc12)C(=O)NC(Cc1c[nH]c2ccccc12)C(N)=O. The highest BCUT2D eigenvalue weighted by Crippen LogP contribution is 2.25. The van der Waals surface area contributed by atoms with Crippen LogP contribution in [0.2, 0.25) is 0 Å². The maximum absolute atomic E-state index is 15.3. The second-order valence-corrected chi connectivity index (χ2v) is 20.4. The largest absolute Gasteiger partial charge is 0.368 e. The molecule has 0 saturated heterocycles. The molecule has 0 aliphatic rings. The molecular formula is C62H65N11O6. The maximum atomic E-state index is 15.3. The summed E-state index contributed by atoms with van der Waals surface area (Å²) in [5.41, 5.74) is 13.9. The third-order valence-corrected chi connectivity index (χ3v) is 15.0. The molecule has 79 heavy (non-hydrogen) atoms. The first kappa shape index (κ1) is 53.0. The lowest BCUT2D eigenvalue weighted by Gasteiger charge is -2.27. The van der Waals surface area contributed by atoms with Crippen molar-refractivity contribution in [3.63, 3.8) is 0 Å². The average molecular weight is 1060 g/mol. The van der Waals surface area contributed by atoms with Crippen LogP contribution in [0.25, 0.3) is 54.5 Å². The molecule has 0 fully saturated rings. The number of carbonyl (C=O) groups is 6.